The molecule has 2 aromatic carbocycles. The fraction of sp³-hybridized carbons (Fsp3) is 0.364. The summed E-state index contributed by atoms with van der Waals surface area (Å²) in [6.45, 7) is 4.27. The Morgan fingerprint density at radius 3 is 2.27 bits per heavy atom. The maximum atomic E-state index is 12.5. The van der Waals surface area contributed by atoms with Crippen LogP contribution < -0.4 is 5.32 Å². The summed E-state index contributed by atoms with van der Waals surface area (Å²) in [5.74, 6) is -0.0678. The third-order valence-electron chi connectivity index (χ3n) is 4.40. The van der Waals surface area contributed by atoms with Gasteiger partial charge >= 0.3 is 0 Å². The molecular formula is C22H27NO2S. The molecule has 1 N–H and O–H groups in total. The van der Waals surface area contributed by atoms with E-state index in [0.29, 0.717) is 12.1 Å². The lowest BCUT2D eigenvalue weighted by Gasteiger charge is -2.23. The fourth-order valence-corrected chi connectivity index (χ4v) is 3.15. The Hall–Kier alpha value is -2.07. The Kier molecular flexibility index (Phi) is 7.46. The standard InChI is InChI=1S/C22H27NO2S/c1-22(2,16-20(24)18-11-13-19(26-3)14-12-18)21(25)23-15-7-10-17-8-5-4-6-9-17/h4-6,8-9,11-14H,7,10,15-16H2,1-3H3,(H,23,25). The molecule has 0 bridgehead atoms. The average Bonchev–Trinajstić information content (AvgIpc) is 2.65. The molecule has 26 heavy (non-hydrogen) atoms. The van der Waals surface area contributed by atoms with Crippen LogP contribution in [-0.4, -0.2) is 24.5 Å². The molecule has 2 rings (SSSR count). The lowest BCUT2D eigenvalue weighted by Crippen LogP contribution is -2.39. The first-order valence-electron chi connectivity index (χ1n) is 8.92. The van der Waals surface area contributed by atoms with Gasteiger partial charge in [-0.25, -0.2) is 0 Å². The summed E-state index contributed by atoms with van der Waals surface area (Å²) in [6, 6.07) is 17.8. The molecule has 0 heterocycles. The minimum absolute atomic E-state index is 0.00193. The number of rotatable bonds is 9. The Morgan fingerprint density at radius 2 is 1.65 bits per heavy atom. The number of hydrogen-bond acceptors (Lipinski definition) is 3. The highest BCUT2D eigenvalue weighted by atomic mass is 32.2. The predicted octanol–water partition coefficient (Wildman–Crippen LogP) is 4.76. The normalized spacial score (nSPS) is 11.2. The minimum atomic E-state index is -0.720. The van der Waals surface area contributed by atoms with E-state index < -0.39 is 5.41 Å². The van der Waals surface area contributed by atoms with Crippen molar-refractivity contribution < 1.29 is 9.59 Å². The highest BCUT2D eigenvalue weighted by molar-refractivity contribution is 7.98. The van der Waals surface area contributed by atoms with Gasteiger partial charge in [-0.3, -0.25) is 9.59 Å². The van der Waals surface area contributed by atoms with Crippen molar-refractivity contribution in [2.45, 2.75) is 38.0 Å². The van der Waals surface area contributed by atoms with E-state index in [9.17, 15) is 9.59 Å². The first kappa shape index (κ1) is 20.2. The molecule has 0 radical (unpaired) electrons. The first-order valence-corrected chi connectivity index (χ1v) is 10.1. The lowest BCUT2D eigenvalue weighted by molar-refractivity contribution is -0.129. The van der Waals surface area contributed by atoms with Crippen LogP contribution in [0.1, 0.15) is 42.6 Å². The maximum Gasteiger partial charge on any atom is 0.226 e. The van der Waals surface area contributed by atoms with Gasteiger partial charge in [0.05, 0.1) is 5.41 Å². The number of thioether (sulfide) groups is 1. The monoisotopic (exact) mass is 369 g/mol. The van der Waals surface area contributed by atoms with Crippen molar-refractivity contribution in [3.63, 3.8) is 0 Å². The van der Waals surface area contributed by atoms with Gasteiger partial charge < -0.3 is 5.32 Å². The second-order valence-electron chi connectivity index (χ2n) is 7.06. The zero-order valence-electron chi connectivity index (χ0n) is 15.7. The molecule has 0 saturated heterocycles. The average molecular weight is 370 g/mol. The number of Topliss-reactive ketones (excluding diaryl/α,β-unsaturated/α-hetero) is 1. The Bertz CT molecular complexity index is 724. The lowest BCUT2D eigenvalue weighted by atomic mass is 9.84. The minimum Gasteiger partial charge on any atom is -0.356 e. The number of amides is 1. The van der Waals surface area contributed by atoms with Gasteiger partial charge in [-0.2, -0.15) is 0 Å². The van der Waals surface area contributed by atoms with Crippen LogP contribution in [0.4, 0.5) is 0 Å². The Balaban J connectivity index is 1.81. The Morgan fingerprint density at radius 1 is 1.00 bits per heavy atom. The number of carbonyl (C=O) groups excluding carboxylic acids is 2. The van der Waals surface area contributed by atoms with Gasteiger partial charge in [0.25, 0.3) is 0 Å². The SMILES string of the molecule is CSc1ccc(C(=O)CC(C)(C)C(=O)NCCCc2ccccc2)cc1. The van der Waals surface area contributed by atoms with Gasteiger partial charge in [0.2, 0.25) is 5.91 Å². The molecule has 0 aliphatic rings. The van der Waals surface area contributed by atoms with Crippen LogP contribution in [0.15, 0.2) is 59.5 Å². The number of benzene rings is 2. The van der Waals surface area contributed by atoms with Gasteiger partial charge in [0.15, 0.2) is 5.78 Å². The van der Waals surface area contributed by atoms with Gasteiger partial charge in [-0.1, -0.05) is 56.3 Å². The highest BCUT2D eigenvalue weighted by Gasteiger charge is 2.30. The van der Waals surface area contributed by atoms with Crippen molar-refractivity contribution in [3.05, 3.63) is 65.7 Å². The smallest absolute Gasteiger partial charge is 0.226 e. The molecule has 3 nitrogen and oxygen atoms in total. The molecule has 4 heteroatoms. The molecule has 2 aromatic rings. The van der Waals surface area contributed by atoms with E-state index in [-0.39, 0.29) is 18.1 Å². The van der Waals surface area contributed by atoms with E-state index in [1.54, 1.807) is 11.8 Å². The maximum absolute atomic E-state index is 12.5. The van der Waals surface area contributed by atoms with Gasteiger partial charge in [-0.05, 0) is 36.8 Å². The van der Waals surface area contributed by atoms with Crippen molar-refractivity contribution in [2.24, 2.45) is 5.41 Å². The molecule has 0 atom stereocenters. The van der Waals surface area contributed by atoms with Crippen LogP contribution in [0.25, 0.3) is 0 Å². The number of aryl methyl sites for hydroxylation is 1. The molecule has 138 valence electrons. The van der Waals surface area contributed by atoms with Crippen molar-refractivity contribution in [1.82, 2.24) is 5.32 Å². The van der Waals surface area contributed by atoms with Crippen molar-refractivity contribution >= 4 is 23.5 Å². The second kappa shape index (κ2) is 9.58. The third kappa shape index (κ3) is 6.03. The Labute approximate surface area is 160 Å². The summed E-state index contributed by atoms with van der Waals surface area (Å²) < 4.78 is 0. The number of hydrogen-bond donors (Lipinski definition) is 1. The van der Waals surface area contributed by atoms with Crippen LogP contribution in [0, 0.1) is 5.41 Å². The molecule has 0 aliphatic heterocycles. The van der Waals surface area contributed by atoms with Gasteiger partial charge in [-0.15, -0.1) is 11.8 Å². The van der Waals surface area contributed by atoms with Crippen molar-refractivity contribution in [2.75, 3.05) is 12.8 Å². The van der Waals surface area contributed by atoms with Crippen LogP contribution >= 0.6 is 11.8 Å². The highest BCUT2D eigenvalue weighted by Crippen LogP contribution is 2.24. The fourth-order valence-electron chi connectivity index (χ4n) is 2.74. The first-order chi connectivity index (χ1) is 12.4. The molecule has 1 amide bonds. The molecule has 0 spiro atoms. The molecule has 0 unspecified atom stereocenters. The van der Waals surface area contributed by atoms with Crippen molar-refractivity contribution in [3.8, 4) is 0 Å². The second-order valence-corrected chi connectivity index (χ2v) is 7.94. The van der Waals surface area contributed by atoms with E-state index in [1.165, 1.54) is 5.56 Å². The summed E-state index contributed by atoms with van der Waals surface area (Å²) in [6.07, 6.45) is 4.02. The molecule has 0 aromatic heterocycles. The summed E-state index contributed by atoms with van der Waals surface area (Å²) in [5, 5.41) is 2.97. The van der Waals surface area contributed by atoms with E-state index in [1.807, 2.05) is 62.6 Å². The molecule has 0 aliphatic carbocycles. The molecule has 0 saturated carbocycles. The van der Waals surface area contributed by atoms with Crippen LogP contribution in [0.5, 0.6) is 0 Å². The zero-order valence-corrected chi connectivity index (χ0v) is 16.6. The number of carbonyl (C=O) groups is 2. The van der Waals surface area contributed by atoms with Gasteiger partial charge in [0, 0.05) is 23.4 Å². The summed E-state index contributed by atoms with van der Waals surface area (Å²) in [7, 11) is 0. The van der Waals surface area contributed by atoms with E-state index in [2.05, 4.69) is 17.4 Å². The predicted molar refractivity (Wildman–Crippen MR) is 109 cm³/mol. The van der Waals surface area contributed by atoms with E-state index in [4.69, 9.17) is 0 Å². The zero-order chi connectivity index (χ0) is 19.0. The van der Waals surface area contributed by atoms with E-state index in [0.717, 1.165) is 17.7 Å². The van der Waals surface area contributed by atoms with Gasteiger partial charge in [0.1, 0.15) is 0 Å². The van der Waals surface area contributed by atoms with Crippen LogP contribution in [-0.2, 0) is 11.2 Å². The topological polar surface area (TPSA) is 46.2 Å². The third-order valence-corrected chi connectivity index (χ3v) is 5.14. The molecule has 0 fully saturated rings. The number of ketones is 1. The van der Waals surface area contributed by atoms with Crippen LogP contribution in [0.2, 0.25) is 0 Å². The quantitative estimate of drug-likeness (QED) is 0.394. The summed E-state index contributed by atoms with van der Waals surface area (Å²) >= 11 is 1.64. The van der Waals surface area contributed by atoms with Crippen LogP contribution in [0.3, 0.4) is 0 Å². The summed E-state index contributed by atoms with van der Waals surface area (Å²) in [5.41, 5.74) is 1.21. The largest absolute Gasteiger partial charge is 0.356 e. The number of nitrogens with one attached hydrogen (secondary N) is 1. The molecular weight excluding hydrogens is 342 g/mol. The van der Waals surface area contributed by atoms with Crippen molar-refractivity contribution in [1.29, 1.82) is 0 Å². The summed E-state index contributed by atoms with van der Waals surface area (Å²) in [4.78, 5) is 26.1. The van der Waals surface area contributed by atoms with E-state index >= 15 is 0 Å².